The van der Waals surface area contributed by atoms with Crippen molar-refractivity contribution in [2.75, 3.05) is 5.73 Å². The van der Waals surface area contributed by atoms with E-state index >= 15 is 0 Å². The Hall–Kier alpha value is -2.62. The predicted octanol–water partition coefficient (Wildman–Crippen LogP) is 2.26. The van der Waals surface area contributed by atoms with E-state index in [9.17, 15) is 8.78 Å². The number of alkyl halides is 2. The van der Waals surface area contributed by atoms with Gasteiger partial charge in [0.2, 0.25) is 5.82 Å². The van der Waals surface area contributed by atoms with E-state index in [2.05, 4.69) is 36.2 Å². The smallest absolute Gasteiger partial charge is 0.350 e. The lowest BCUT2D eigenvalue weighted by molar-refractivity contribution is 0.0258. The van der Waals surface area contributed by atoms with Crippen LogP contribution in [0.5, 0.6) is 0 Å². The summed E-state index contributed by atoms with van der Waals surface area (Å²) >= 11 is 3.25. The molecule has 0 bridgehead atoms. The third-order valence-electron chi connectivity index (χ3n) is 3.31. The van der Waals surface area contributed by atoms with Gasteiger partial charge in [-0.05, 0) is 40.2 Å². The van der Waals surface area contributed by atoms with Gasteiger partial charge in [0, 0.05) is 10.7 Å². The fourth-order valence-electron chi connectivity index (χ4n) is 2.26. The predicted molar refractivity (Wildman–Crippen MR) is 81.1 cm³/mol. The Morgan fingerprint density at radius 3 is 2.65 bits per heavy atom. The molecule has 0 unspecified atom stereocenters. The first-order chi connectivity index (χ1) is 10.9. The van der Waals surface area contributed by atoms with Gasteiger partial charge in [-0.15, -0.1) is 10.2 Å². The third kappa shape index (κ3) is 2.13. The summed E-state index contributed by atoms with van der Waals surface area (Å²) in [6.07, 6.45) is 2.85. The number of halogens is 3. The van der Waals surface area contributed by atoms with E-state index in [1.165, 1.54) is 33.4 Å². The molecule has 4 rings (SSSR count). The number of hydrogen-bond acceptors (Lipinski definition) is 5. The van der Waals surface area contributed by atoms with Crippen LogP contribution in [-0.4, -0.2) is 29.2 Å². The summed E-state index contributed by atoms with van der Waals surface area (Å²) in [5, 5.41) is 11.3. The summed E-state index contributed by atoms with van der Waals surface area (Å²) in [4.78, 5) is 3.95. The highest BCUT2D eigenvalue weighted by molar-refractivity contribution is 9.10. The quantitative estimate of drug-likeness (QED) is 0.577. The molecule has 0 spiro atoms. The van der Waals surface area contributed by atoms with Crippen molar-refractivity contribution in [1.82, 2.24) is 29.2 Å². The minimum absolute atomic E-state index is 0.204. The molecular weight excluding hydrogens is 372 g/mol. The van der Waals surface area contributed by atoms with E-state index < -0.39 is 17.4 Å². The molecule has 0 aliphatic heterocycles. The Balaban J connectivity index is 1.91. The largest absolute Gasteiger partial charge is 0.382 e. The highest BCUT2D eigenvalue weighted by Crippen LogP contribution is 2.33. The van der Waals surface area contributed by atoms with Crippen molar-refractivity contribution >= 4 is 33.0 Å². The topological polar surface area (TPSA) is 86.4 Å². The fraction of sp³-hybridized carbons (Fsp3) is 0.0769. The van der Waals surface area contributed by atoms with E-state index in [1.807, 2.05) is 0 Å². The summed E-state index contributed by atoms with van der Waals surface area (Å²) in [5.41, 5.74) is 5.77. The van der Waals surface area contributed by atoms with Crippen LogP contribution in [0.15, 0.2) is 41.1 Å². The summed E-state index contributed by atoms with van der Waals surface area (Å²) in [5.74, 6) is -3.75. The number of aromatic nitrogens is 6. The molecule has 0 aromatic carbocycles. The number of imidazole rings is 1. The molecule has 0 aliphatic carbocycles. The molecular formula is C13H8BrF2N7. The molecule has 23 heavy (non-hydrogen) atoms. The standard InChI is InChI=1S/C13H8BrF2N7/c14-7-1-3-11-19-20-12(22(11)5-7)13(15,16)8-2-4-10-18-9(17)6-23(10)21-8/h1-6H,17H2. The second-order valence-electron chi connectivity index (χ2n) is 4.86. The summed E-state index contributed by atoms with van der Waals surface area (Å²) in [7, 11) is 0. The minimum Gasteiger partial charge on any atom is -0.382 e. The van der Waals surface area contributed by atoms with Crippen LogP contribution < -0.4 is 5.73 Å². The summed E-state index contributed by atoms with van der Waals surface area (Å²) < 4.78 is 32.8. The Labute approximate surface area is 135 Å². The van der Waals surface area contributed by atoms with Gasteiger partial charge in [0.1, 0.15) is 11.5 Å². The third-order valence-corrected chi connectivity index (χ3v) is 3.78. The molecule has 4 aromatic heterocycles. The average molecular weight is 380 g/mol. The Bertz CT molecular complexity index is 1040. The van der Waals surface area contributed by atoms with Gasteiger partial charge in [-0.3, -0.25) is 4.40 Å². The molecule has 7 nitrogen and oxygen atoms in total. The van der Waals surface area contributed by atoms with E-state index in [0.29, 0.717) is 15.8 Å². The molecule has 4 aromatic rings. The molecule has 0 radical (unpaired) electrons. The number of rotatable bonds is 2. The zero-order chi connectivity index (χ0) is 16.2. The molecule has 4 heterocycles. The van der Waals surface area contributed by atoms with Crippen LogP contribution in [0, 0.1) is 0 Å². The molecule has 116 valence electrons. The van der Waals surface area contributed by atoms with Crippen molar-refractivity contribution in [2.24, 2.45) is 0 Å². The van der Waals surface area contributed by atoms with Crippen molar-refractivity contribution in [3.63, 3.8) is 0 Å². The van der Waals surface area contributed by atoms with Crippen LogP contribution in [0.4, 0.5) is 14.6 Å². The molecule has 0 fully saturated rings. The first-order valence-corrected chi connectivity index (χ1v) is 7.25. The Morgan fingerprint density at radius 1 is 1.04 bits per heavy atom. The van der Waals surface area contributed by atoms with Gasteiger partial charge in [-0.1, -0.05) is 0 Å². The molecule has 0 aliphatic rings. The minimum atomic E-state index is -3.44. The summed E-state index contributed by atoms with van der Waals surface area (Å²) in [6, 6.07) is 5.90. The van der Waals surface area contributed by atoms with E-state index in [4.69, 9.17) is 5.73 Å². The van der Waals surface area contributed by atoms with Crippen molar-refractivity contribution in [1.29, 1.82) is 0 Å². The molecule has 0 amide bonds. The van der Waals surface area contributed by atoms with Crippen LogP contribution in [-0.2, 0) is 5.92 Å². The van der Waals surface area contributed by atoms with E-state index in [0.717, 1.165) is 0 Å². The van der Waals surface area contributed by atoms with Gasteiger partial charge in [0.25, 0.3) is 0 Å². The number of pyridine rings is 1. The number of hydrogen-bond donors (Lipinski definition) is 1. The second-order valence-corrected chi connectivity index (χ2v) is 5.78. The zero-order valence-corrected chi connectivity index (χ0v) is 12.9. The molecule has 0 atom stereocenters. The lowest BCUT2D eigenvalue weighted by Gasteiger charge is -2.13. The van der Waals surface area contributed by atoms with Gasteiger partial charge >= 0.3 is 5.92 Å². The number of nitrogen functional groups attached to an aromatic ring is 1. The Morgan fingerprint density at radius 2 is 1.83 bits per heavy atom. The number of fused-ring (bicyclic) bond motifs is 2. The highest BCUT2D eigenvalue weighted by Gasteiger charge is 2.41. The van der Waals surface area contributed by atoms with E-state index in [-0.39, 0.29) is 5.82 Å². The van der Waals surface area contributed by atoms with Crippen molar-refractivity contribution in [3.8, 4) is 0 Å². The first-order valence-electron chi connectivity index (χ1n) is 6.46. The number of nitrogens with zero attached hydrogens (tertiary/aromatic N) is 6. The maximum Gasteiger partial charge on any atom is 0.350 e. The van der Waals surface area contributed by atoms with Crippen LogP contribution >= 0.6 is 15.9 Å². The molecule has 10 heteroatoms. The maximum absolute atomic E-state index is 14.9. The van der Waals surface area contributed by atoms with Gasteiger partial charge in [0.05, 0.1) is 6.20 Å². The summed E-state index contributed by atoms with van der Waals surface area (Å²) in [6.45, 7) is 0. The highest BCUT2D eigenvalue weighted by atomic mass is 79.9. The number of nitrogens with two attached hydrogens (primary N) is 1. The van der Waals surface area contributed by atoms with Crippen LogP contribution in [0.1, 0.15) is 11.5 Å². The van der Waals surface area contributed by atoms with Gasteiger partial charge in [0.15, 0.2) is 11.3 Å². The van der Waals surface area contributed by atoms with Gasteiger partial charge in [-0.2, -0.15) is 13.9 Å². The van der Waals surface area contributed by atoms with Crippen molar-refractivity contribution < 1.29 is 8.78 Å². The SMILES string of the molecule is Nc1cn2nc(C(F)(F)c3nnc4ccc(Br)cn34)ccc2n1. The van der Waals surface area contributed by atoms with Crippen molar-refractivity contribution in [2.45, 2.75) is 5.92 Å². The maximum atomic E-state index is 14.9. The first kappa shape index (κ1) is 14.0. The van der Waals surface area contributed by atoms with Gasteiger partial charge in [-0.25, -0.2) is 9.50 Å². The Kier molecular flexibility index (Phi) is 2.85. The lowest BCUT2D eigenvalue weighted by atomic mass is 10.2. The fourth-order valence-corrected chi connectivity index (χ4v) is 2.60. The zero-order valence-electron chi connectivity index (χ0n) is 11.4. The number of anilines is 1. The van der Waals surface area contributed by atoms with Crippen LogP contribution in [0.25, 0.3) is 11.3 Å². The van der Waals surface area contributed by atoms with Crippen LogP contribution in [0.3, 0.4) is 0 Å². The molecule has 2 N–H and O–H groups in total. The molecule has 0 saturated carbocycles. The lowest BCUT2D eigenvalue weighted by Crippen LogP contribution is -2.22. The average Bonchev–Trinajstić information content (AvgIpc) is 3.08. The van der Waals surface area contributed by atoms with Crippen LogP contribution in [0.2, 0.25) is 0 Å². The monoisotopic (exact) mass is 379 g/mol. The van der Waals surface area contributed by atoms with E-state index in [1.54, 1.807) is 12.1 Å². The second kappa shape index (κ2) is 4.69. The normalized spacial score (nSPS) is 12.3. The van der Waals surface area contributed by atoms with Gasteiger partial charge < -0.3 is 5.73 Å². The van der Waals surface area contributed by atoms with Crippen molar-refractivity contribution in [3.05, 3.63) is 52.7 Å². The molecule has 0 saturated heterocycles.